The molecule has 1 nitrogen and oxygen atoms in total. The maximum atomic E-state index is 5.83. The summed E-state index contributed by atoms with van der Waals surface area (Å²) in [6.45, 7) is 1.60. The molecule has 0 aromatic heterocycles. The van der Waals surface area contributed by atoms with Crippen molar-refractivity contribution in [1.29, 1.82) is 0 Å². The molecule has 4 rings (SSSR count). The number of ether oxygens (including phenoxy) is 1. The predicted molar refractivity (Wildman–Crippen MR) is 160 cm³/mol. The first-order valence-electron chi connectivity index (χ1n) is 13.7. The van der Waals surface area contributed by atoms with E-state index in [9.17, 15) is 0 Å². The molecule has 0 atom stereocenters. The molecule has 0 aliphatic carbocycles. The number of hydrogen-bond acceptors (Lipinski definition) is 1. The molecule has 0 unspecified atom stereocenters. The van der Waals surface area contributed by atoms with Crippen LogP contribution in [-0.4, -0.2) is 12.8 Å². The number of unbranched alkanes of at least 4 members (excludes halogenated alkanes) is 6. The summed E-state index contributed by atoms with van der Waals surface area (Å²) in [5, 5.41) is 4.58. The van der Waals surface area contributed by atoms with Gasteiger partial charge in [-0.05, 0) is 0 Å². The van der Waals surface area contributed by atoms with Gasteiger partial charge in [-0.3, -0.25) is 0 Å². The van der Waals surface area contributed by atoms with Gasteiger partial charge in [-0.2, -0.15) is 0 Å². The molecule has 0 saturated carbocycles. The van der Waals surface area contributed by atoms with Crippen LogP contribution < -0.4 is 15.9 Å². The van der Waals surface area contributed by atoms with Crippen LogP contribution in [0.2, 0.25) is 0 Å². The van der Waals surface area contributed by atoms with E-state index in [1.165, 1.54) is 72.6 Å². The maximum Gasteiger partial charge on any atom is -0.0567 e. The second-order valence-corrected chi connectivity index (χ2v) is 13.8. The second kappa shape index (κ2) is 14.7. The van der Waals surface area contributed by atoms with E-state index >= 15 is 0 Å². The first-order valence-corrected chi connectivity index (χ1v) is 15.9. The van der Waals surface area contributed by atoms with Gasteiger partial charge in [-0.1, -0.05) is 30.3 Å². The zero-order chi connectivity index (χ0) is 24.7. The first-order chi connectivity index (χ1) is 17.9. The third kappa shape index (κ3) is 7.39. The summed E-state index contributed by atoms with van der Waals surface area (Å²) in [6.07, 6.45) is 10.3. The Kier molecular flexibility index (Phi) is 10.8. The van der Waals surface area contributed by atoms with Crippen LogP contribution in [0.5, 0.6) is 0 Å². The van der Waals surface area contributed by atoms with Crippen LogP contribution in [0.3, 0.4) is 0 Å². The zero-order valence-electron chi connectivity index (χ0n) is 21.5. The largest absolute Gasteiger partial charge is 0.0619 e. The molecule has 0 fully saturated rings. The summed E-state index contributed by atoms with van der Waals surface area (Å²) in [5.74, 6) is 0. The minimum absolute atomic E-state index is 0.733. The van der Waals surface area contributed by atoms with E-state index in [1.807, 2.05) is 0 Å². The topological polar surface area (TPSA) is 9.23 Å². The standard InChI is InChI=1S/C34H41OP/c1(2-4-18-28-35-30-31-20-10-6-11-21-31)3-5-19-29-36(32-22-12-7-13-23-32,33-24-14-8-15-25-33)34-26-16-9-17-27-34/h6-17,20-27,36H,1-5,18-19,28-30H2. The Bertz CT molecular complexity index is 1000. The van der Waals surface area contributed by atoms with Crippen LogP contribution in [-0.2, 0) is 11.3 Å². The smallest absolute Gasteiger partial charge is 0.0567 e. The van der Waals surface area contributed by atoms with Crippen LogP contribution in [0.15, 0.2) is 121 Å². The van der Waals surface area contributed by atoms with Gasteiger partial charge >= 0.3 is 189 Å². The Labute approximate surface area is 218 Å². The molecule has 0 spiro atoms. The molecule has 0 heterocycles. The van der Waals surface area contributed by atoms with Crippen molar-refractivity contribution in [2.24, 2.45) is 0 Å². The quantitative estimate of drug-likeness (QED) is 0.121. The fourth-order valence-electron chi connectivity index (χ4n) is 5.34. The fourth-order valence-corrected chi connectivity index (χ4v) is 10.3. The number of benzene rings is 4. The van der Waals surface area contributed by atoms with E-state index in [4.69, 9.17) is 4.74 Å². The molecular weight excluding hydrogens is 455 g/mol. The van der Waals surface area contributed by atoms with Crippen LogP contribution in [0, 0.1) is 0 Å². The number of rotatable bonds is 15. The van der Waals surface area contributed by atoms with Crippen molar-refractivity contribution >= 4 is 23.2 Å². The van der Waals surface area contributed by atoms with Crippen molar-refractivity contribution in [2.45, 2.75) is 51.6 Å². The molecule has 0 radical (unpaired) electrons. The Balaban J connectivity index is 1.27. The van der Waals surface area contributed by atoms with Gasteiger partial charge in [0.05, 0.1) is 0 Å². The van der Waals surface area contributed by atoms with Gasteiger partial charge in [0, 0.05) is 0 Å². The van der Waals surface area contributed by atoms with Gasteiger partial charge in [-0.15, -0.1) is 0 Å². The van der Waals surface area contributed by atoms with Crippen LogP contribution in [0.1, 0.15) is 50.5 Å². The van der Waals surface area contributed by atoms with Crippen LogP contribution in [0.25, 0.3) is 0 Å². The SMILES string of the molecule is c1ccc(COCCCCCCCCC[PH](c2ccccc2)(c2ccccc2)c2ccccc2)cc1. The van der Waals surface area contributed by atoms with Gasteiger partial charge in [0.25, 0.3) is 0 Å². The normalized spacial score (nSPS) is 11.9. The molecule has 0 bridgehead atoms. The molecule has 4 aromatic rings. The van der Waals surface area contributed by atoms with Crippen LogP contribution in [0.4, 0.5) is 0 Å². The van der Waals surface area contributed by atoms with E-state index < -0.39 is 7.26 Å². The average molecular weight is 497 g/mol. The molecule has 188 valence electrons. The summed E-state index contributed by atoms with van der Waals surface area (Å²) in [6, 6.07) is 44.4. The third-order valence-corrected chi connectivity index (χ3v) is 12.3. The van der Waals surface area contributed by atoms with E-state index in [0.717, 1.165) is 13.2 Å². The minimum Gasteiger partial charge on any atom is -0.0619 e. The van der Waals surface area contributed by atoms with Gasteiger partial charge in [0.15, 0.2) is 0 Å². The first kappa shape index (κ1) is 26.3. The molecule has 36 heavy (non-hydrogen) atoms. The maximum absolute atomic E-state index is 5.83. The molecule has 0 aliphatic heterocycles. The Morgan fingerprint density at radius 3 is 1.28 bits per heavy atom. The molecule has 4 aromatic carbocycles. The number of hydrogen-bond donors (Lipinski definition) is 0. The molecule has 2 heteroatoms. The molecule has 0 saturated heterocycles. The van der Waals surface area contributed by atoms with E-state index in [0.29, 0.717) is 0 Å². The monoisotopic (exact) mass is 496 g/mol. The van der Waals surface area contributed by atoms with Crippen molar-refractivity contribution in [3.8, 4) is 0 Å². The van der Waals surface area contributed by atoms with Crippen LogP contribution >= 0.6 is 7.26 Å². The van der Waals surface area contributed by atoms with Gasteiger partial charge in [-0.25, -0.2) is 0 Å². The average Bonchev–Trinajstić information content (AvgIpc) is 2.96. The minimum atomic E-state index is -2.06. The van der Waals surface area contributed by atoms with Crippen molar-refractivity contribution in [3.05, 3.63) is 127 Å². The Morgan fingerprint density at radius 2 is 0.806 bits per heavy atom. The Hall–Kier alpha value is -2.73. The summed E-state index contributed by atoms with van der Waals surface area (Å²) < 4.78 is 5.83. The summed E-state index contributed by atoms with van der Waals surface area (Å²) in [7, 11) is -2.06. The summed E-state index contributed by atoms with van der Waals surface area (Å²) in [5.41, 5.74) is 1.26. The van der Waals surface area contributed by atoms with Crippen molar-refractivity contribution in [3.63, 3.8) is 0 Å². The van der Waals surface area contributed by atoms with E-state index in [-0.39, 0.29) is 0 Å². The predicted octanol–water partition coefficient (Wildman–Crippen LogP) is 7.66. The Morgan fingerprint density at radius 1 is 0.417 bits per heavy atom. The van der Waals surface area contributed by atoms with Gasteiger partial charge < -0.3 is 0 Å². The molecule has 0 amide bonds. The molecule has 0 N–H and O–H groups in total. The van der Waals surface area contributed by atoms with Gasteiger partial charge in [0.2, 0.25) is 0 Å². The summed E-state index contributed by atoms with van der Waals surface area (Å²) in [4.78, 5) is 0. The zero-order valence-corrected chi connectivity index (χ0v) is 22.5. The fraction of sp³-hybridized carbons (Fsp3) is 0.294. The van der Waals surface area contributed by atoms with Gasteiger partial charge in [0.1, 0.15) is 0 Å². The summed E-state index contributed by atoms with van der Waals surface area (Å²) >= 11 is 0. The van der Waals surface area contributed by atoms with Crippen molar-refractivity contribution < 1.29 is 4.74 Å². The molecular formula is C34H41OP. The van der Waals surface area contributed by atoms with E-state index in [1.54, 1.807) is 0 Å². The second-order valence-electron chi connectivity index (χ2n) is 9.77. The molecule has 0 aliphatic rings. The van der Waals surface area contributed by atoms with E-state index in [2.05, 4.69) is 121 Å². The third-order valence-electron chi connectivity index (χ3n) is 7.25. The van der Waals surface area contributed by atoms with Crippen molar-refractivity contribution in [1.82, 2.24) is 0 Å². The van der Waals surface area contributed by atoms with Crippen molar-refractivity contribution in [2.75, 3.05) is 12.8 Å².